The minimum absolute atomic E-state index is 0.0148. The molecule has 51 heavy (non-hydrogen) atoms. The zero-order valence-corrected chi connectivity index (χ0v) is 33.1. The zero-order chi connectivity index (χ0) is 38.6. The number of hydrogen-bond acceptors (Lipinski definition) is 8. The minimum atomic E-state index is -0.875. The Kier molecular flexibility index (Phi) is 18.0. The molecule has 0 aromatic heterocycles. The molecule has 1 fully saturated rings. The van der Waals surface area contributed by atoms with Crippen LogP contribution in [-0.4, -0.2) is 116 Å². The molecule has 1 aromatic rings. The second-order valence-electron chi connectivity index (χ2n) is 15.0. The Hall–Kier alpha value is -3.06. The number of ether oxygens (including phenoxy) is 2. The van der Waals surface area contributed by atoms with Crippen molar-refractivity contribution < 1.29 is 33.8 Å². The summed E-state index contributed by atoms with van der Waals surface area (Å²) in [7, 11) is 6.57. The van der Waals surface area contributed by atoms with Gasteiger partial charge in [-0.1, -0.05) is 85.2 Å². The molecule has 1 aliphatic rings. The van der Waals surface area contributed by atoms with Crippen molar-refractivity contribution in [2.24, 2.45) is 23.7 Å². The smallest absolute Gasteiger partial charge is 0.245 e. The van der Waals surface area contributed by atoms with Crippen LogP contribution in [-0.2, 0) is 28.7 Å². The predicted molar refractivity (Wildman–Crippen MR) is 200 cm³/mol. The van der Waals surface area contributed by atoms with Gasteiger partial charge in [-0.3, -0.25) is 19.2 Å². The third-order valence-electron chi connectivity index (χ3n) is 10.7. The van der Waals surface area contributed by atoms with E-state index in [0.29, 0.717) is 18.5 Å². The van der Waals surface area contributed by atoms with E-state index in [4.69, 9.17) is 9.47 Å². The van der Waals surface area contributed by atoms with Crippen molar-refractivity contribution in [3.8, 4) is 0 Å². The number of hydrogen-bond donors (Lipinski definition) is 4. The number of amides is 4. The largest absolute Gasteiger partial charge is 0.386 e. The minimum Gasteiger partial charge on any atom is -0.386 e. The van der Waals surface area contributed by atoms with Gasteiger partial charge in [0.2, 0.25) is 23.6 Å². The second-order valence-corrected chi connectivity index (χ2v) is 15.0. The number of likely N-dealkylation sites (N-methyl/N-ethyl adjacent to an activating group) is 2. The number of aliphatic hydroxyl groups excluding tert-OH is 1. The summed E-state index contributed by atoms with van der Waals surface area (Å²) in [6, 6.07) is 6.67. The zero-order valence-electron chi connectivity index (χ0n) is 33.1. The SMILES string of the molecule is CC[C@H](C)C(C(CC(=O)N1CCC[C@H]1[C@H](OC)[C@@H](C)C(=O)N[C@H](C)[C@@H](O)c1ccccc1)OC)N(C)C(=O)[C@@H](NC(=O)[C@@H](NC)C(C)C)C(C)C. The average Bonchev–Trinajstić information content (AvgIpc) is 3.59. The molecule has 1 aromatic carbocycles. The van der Waals surface area contributed by atoms with E-state index in [-0.39, 0.29) is 53.8 Å². The fourth-order valence-electron chi connectivity index (χ4n) is 7.42. The highest BCUT2D eigenvalue weighted by molar-refractivity contribution is 5.90. The molecular weight excluding hydrogens is 650 g/mol. The van der Waals surface area contributed by atoms with Crippen LogP contribution in [0.5, 0.6) is 0 Å². The standard InChI is InChI=1S/C39H67N5O7/c1-13-25(6)34(43(10)39(49)33(24(4)5)42-38(48)32(40-9)23(2)3)30(50-11)22-31(45)44-21-17-20-29(44)36(51-12)26(7)37(47)41-27(8)35(46)28-18-15-14-16-19-28/h14-16,18-19,23-27,29-30,32-36,40,46H,13,17,20-22H2,1-12H3,(H,41,47)(H,42,48)/t25-,26+,27+,29-,30?,32-,33-,34?,35+,36+/m0/s1. The molecule has 0 spiro atoms. The van der Waals surface area contributed by atoms with E-state index in [2.05, 4.69) is 16.0 Å². The van der Waals surface area contributed by atoms with Gasteiger partial charge in [0.1, 0.15) is 6.04 Å². The Labute approximate surface area is 306 Å². The number of benzene rings is 1. The molecule has 0 saturated carbocycles. The van der Waals surface area contributed by atoms with Gasteiger partial charge in [0.15, 0.2) is 0 Å². The summed E-state index contributed by atoms with van der Waals surface area (Å²) < 4.78 is 11.9. The van der Waals surface area contributed by atoms with Gasteiger partial charge < -0.3 is 40.3 Å². The van der Waals surface area contributed by atoms with Crippen LogP contribution < -0.4 is 16.0 Å². The van der Waals surface area contributed by atoms with Crippen LogP contribution in [0.1, 0.15) is 92.7 Å². The van der Waals surface area contributed by atoms with Gasteiger partial charge in [-0.15, -0.1) is 0 Å². The molecule has 4 N–H and O–H groups in total. The third kappa shape index (κ3) is 11.5. The fourth-order valence-corrected chi connectivity index (χ4v) is 7.42. The molecule has 1 saturated heterocycles. The normalized spacial score (nSPS) is 20.1. The summed E-state index contributed by atoms with van der Waals surface area (Å²) in [6.07, 6.45) is 0.147. The van der Waals surface area contributed by atoms with E-state index < -0.39 is 48.4 Å². The highest BCUT2D eigenvalue weighted by Crippen LogP contribution is 2.30. The Morgan fingerprint density at radius 2 is 1.53 bits per heavy atom. The van der Waals surface area contributed by atoms with Gasteiger partial charge in [0, 0.05) is 27.8 Å². The summed E-state index contributed by atoms with van der Waals surface area (Å²) in [5, 5.41) is 19.8. The molecule has 2 rings (SSSR count). The Morgan fingerprint density at radius 3 is 2.04 bits per heavy atom. The van der Waals surface area contributed by atoms with Gasteiger partial charge in [0.25, 0.3) is 0 Å². The van der Waals surface area contributed by atoms with Crippen molar-refractivity contribution in [1.29, 1.82) is 0 Å². The number of carbonyl (C=O) groups is 4. The fraction of sp³-hybridized carbons (Fsp3) is 0.744. The average molecular weight is 718 g/mol. The maximum Gasteiger partial charge on any atom is 0.245 e. The van der Waals surface area contributed by atoms with E-state index in [0.717, 1.165) is 12.8 Å². The van der Waals surface area contributed by atoms with Crippen molar-refractivity contribution in [3.05, 3.63) is 35.9 Å². The maximum atomic E-state index is 14.1. The van der Waals surface area contributed by atoms with Crippen LogP contribution in [0.3, 0.4) is 0 Å². The summed E-state index contributed by atoms with van der Waals surface area (Å²) in [5.41, 5.74) is 0.711. The lowest BCUT2D eigenvalue weighted by Crippen LogP contribution is -2.59. The van der Waals surface area contributed by atoms with Gasteiger partial charge in [-0.05, 0) is 50.1 Å². The van der Waals surface area contributed by atoms with E-state index in [9.17, 15) is 24.3 Å². The quantitative estimate of drug-likeness (QED) is 0.160. The topological polar surface area (TPSA) is 150 Å². The molecule has 2 unspecified atom stereocenters. The van der Waals surface area contributed by atoms with E-state index >= 15 is 0 Å². The van der Waals surface area contributed by atoms with Gasteiger partial charge in [0.05, 0.1) is 54.8 Å². The molecule has 0 radical (unpaired) electrons. The number of likely N-dealkylation sites (tertiary alicyclic amines) is 1. The lowest BCUT2D eigenvalue weighted by molar-refractivity contribution is -0.148. The first-order valence-corrected chi connectivity index (χ1v) is 18.7. The first-order chi connectivity index (χ1) is 24.0. The molecule has 290 valence electrons. The van der Waals surface area contributed by atoms with Crippen molar-refractivity contribution in [1.82, 2.24) is 25.8 Å². The van der Waals surface area contributed by atoms with Crippen molar-refractivity contribution >= 4 is 23.6 Å². The van der Waals surface area contributed by atoms with Crippen LogP contribution in [0, 0.1) is 23.7 Å². The highest BCUT2D eigenvalue weighted by Gasteiger charge is 2.43. The van der Waals surface area contributed by atoms with E-state index in [1.165, 1.54) is 0 Å². The third-order valence-corrected chi connectivity index (χ3v) is 10.7. The van der Waals surface area contributed by atoms with Crippen molar-refractivity contribution in [2.45, 2.75) is 130 Å². The molecule has 0 bridgehead atoms. The van der Waals surface area contributed by atoms with Crippen LogP contribution in [0.15, 0.2) is 30.3 Å². The summed E-state index contributed by atoms with van der Waals surface area (Å²) >= 11 is 0. The van der Waals surface area contributed by atoms with E-state index in [1.807, 2.05) is 71.9 Å². The Balaban J connectivity index is 2.24. The van der Waals surface area contributed by atoms with Crippen LogP contribution in [0.25, 0.3) is 0 Å². The Morgan fingerprint density at radius 1 is 0.922 bits per heavy atom. The lowest BCUT2D eigenvalue weighted by Gasteiger charge is -2.41. The van der Waals surface area contributed by atoms with E-state index in [1.54, 1.807) is 52.0 Å². The number of nitrogens with one attached hydrogen (secondary N) is 3. The lowest BCUT2D eigenvalue weighted by atomic mass is 9.89. The van der Waals surface area contributed by atoms with Crippen LogP contribution in [0.2, 0.25) is 0 Å². The molecule has 4 amide bonds. The molecule has 0 aliphatic carbocycles. The Bertz CT molecular complexity index is 1250. The molecule has 10 atom stereocenters. The molecule has 12 nitrogen and oxygen atoms in total. The van der Waals surface area contributed by atoms with Gasteiger partial charge in [-0.25, -0.2) is 0 Å². The molecule has 12 heteroatoms. The van der Waals surface area contributed by atoms with Crippen LogP contribution in [0.4, 0.5) is 0 Å². The number of nitrogens with zero attached hydrogens (tertiary/aromatic N) is 2. The van der Waals surface area contributed by atoms with Crippen molar-refractivity contribution in [3.63, 3.8) is 0 Å². The van der Waals surface area contributed by atoms with Gasteiger partial charge >= 0.3 is 0 Å². The second kappa shape index (κ2) is 20.8. The number of carbonyl (C=O) groups excluding carboxylic acids is 4. The monoisotopic (exact) mass is 718 g/mol. The molecule has 1 aliphatic heterocycles. The predicted octanol–water partition coefficient (Wildman–Crippen LogP) is 3.53. The number of methoxy groups -OCH3 is 2. The molecular formula is C39H67N5O7. The maximum absolute atomic E-state index is 14.1. The first-order valence-electron chi connectivity index (χ1n) is 18.7. The number of aliphatic hydroxyl groups is 1. The molecule has 1 heterocycles. The summed E-state index contributed by atoms with van der Waals surface area (Å²) in [5.74, 6) is -1.62. The summed E-state index contributed by atoms with van der Waals surface area (Å²) in [4.78, 5) is 58.3. The first kappa shape index (κ1) is 44.1. The van der Waals surface area contributed by atoms with Crippen LogP contribution >= 0.6 is 0 Å². The summed E-state index contributed by atoms with van der Waals surface area (Å²) in [6.45, 7) is 15.9. The number of rotatable bonds is 20. The highest BCUT2D eigenvalue weighted by atomic mass is 16.5. The van der Waals surface area contributed by atoms with Gasteiger partial charge in [-0.2, -0.15) is 0 Å². The van der Waals surface area contributed by atoms with Crippen molar-refractivity contribution in [2.75, 3.05) is 34.9 Å².